The molecule has 0 saturated carbocycles. The Morgan fingerprint density at radius 2 is 2.38 bits per heavy atom. The predicted molar refractivity (Wildman–Crippen MR) is 50.8 cm³/mol. The standard InChI is InChI=1S/C10H13NO2/c1-3-8(2)6-11-5-4-9(7-11)10(12)13/h4-5,7H,2-3,6H2,1H3,(H,12,13). The summed E-state index contributed by atoms with van der Waals surface area (Å²) in [6, 6.07) is 1.59. The molecule has 0 spiro atoms. The van der Waals surface area contributed by atoms with E-state index in [0.717, 1.165) is 12.0 Å². The van der Waals surface area contributed by atoms with Gasteiger partial charge in [-0.05, 0) is 12.5 Å². The average molecular weight is 179 g/mol. The fourth-order valence-corrected chi connectivity index (χ4v) is 1.04. The molecule has 0 aromatic carbocycles. The third-order valence-electron chi connectivity index (χ3n) is 1.90. The first-order valence-electron chi connectivity index (χ1n) is 4.19. The molecule has 0 unspecified atom stereocenters. The van der Waals surface area contributed by atoms with E-state index in [-0.39, 0.29) is 0 Å². The Kier molecular flexibility index (Phi) is 2.90. The highest BCUT2D eigenvalue weighted by Gasteiger charge is 2.03. The Morgan fingerprint density at radius 3 is 2.85 bits per heavy atom. The van der Waals surface area contributed by atoms with E-state index in [0.29, 0.717) is 12.1 Å². The Balaban J connectivity index is 2.69. The van der Waals surface area contributed by atoms with E-state index >= 15 is 0 Å². The molecule has 0 aliphatic heterocycles. The van der Waals surface area contributed by atoms with Gasteiger partial charge in [-0.25, -0.2) is 4.79 Å². The highest BCUT2D eigenvalue weighted by Crippen LogP contribution is 2.05. The predicted octanol–water partition coefficient (Wildman–Crippen LogP) is 2.15. The summed E-state index contributed by atoms with van der Waals surface area (Å²) in [6.45, 7) is 6.58. The molecule has 0 amide bonds. The Morgan fingerprint density at radius 1 is 1.69 bits per heavy atom. The number of aromatic carboxylic acids is 1. The van der Waals surface area contributed by atoms with Crippen LogP contribution in [0.15, 0.2) is 30.6 Å². The number of carboxylic acid groups (broad SMARTS) is 1. The summed E-state index contributed by atoms with van der Waals surface area (Å²) in [5, 5.41) is 8.65. The van der Waals surface area contributed by atoms with Crippen molar-refractivity contribution in [3.8, 4) is 0 Å². The molecule has 3 nitrogen and oxygen atoms in total. The quantitative estimate of drug-likeness (QED) is 0.719. The van der Waals surface area contributed by atoms with Gasteiger partial charge >= 0.3 is 5.97 Å². The number of hydrogen-bond acceptors (Lipinski definition) is 1. The molecule has 3 heteroatoms. The van der Waals surface area contributed by atoms with Crippen molar-refractivity contribution in [2.75, 3.05) is 0 Å². The Hall–Kier alpha value is -1.51. The lowest BCUT2D eigenvalue weighted by Gasteiger charge is -2.02. The first-order valence-corrected chi connectivity index (χ1v) is 4.19. The van der Waals surface area contributed by atoms with Gasteiger partial charge in [-0.15, -0.1) is 0 Å². The van der Waals surface area contributed by atoms with E-state index in [2.05, 4.69) is 6.58 Å². The Bertz CT molecular complexity index is 325. The first kappa shape index (κ1) is 9.58. The van der Waals surface area contributed by atoms with Crippen molar-refractivity contribution >= 4 is 5.97 Å². The van der Waals surface area contributed by atoms with Gasteiger partial charge in [-0.2, -0.15) is 0 Å². The van der Waals surface area contributed by atoms with E-state index in [1.807, 2.05) is 11.5 Å². The molecule has 0 fully saturated rings. The van der Waals surface area contributed by atoms with Crippen LogP contribution in [0, 0.1) is 0 Å². The van der Waals surface area contributed by atoms with Crippen LogP contribution in [0.1, 0.15) is 23.7 Å². The number of allylic oxidation sites excluding steroid dienone is 1. The number of carbonyl (C=O) groups is 1. The maximum Gasteiger partial charge on any atom is 0.337 e. The van der Waals surface area contributed by atoms with Gasteiger partial charge in [0.05, 0.1) is 5.56 Å². The molecule has 13 heavy (non-hydrogen) atoms. The van der Waals surface area contributed by atoms with Gasteiger partial charge in [0.1, 0.15) is 0 Å². The minimum Gasteiger partial charge on any atom is -0.478 e. The number of aromatic nitrogens is 1. The zero-order valence-corrected chi connectivity index (χ0v) is 7.66. The lowest BCUT2D eigenvalue weighted by molar-refractivity contribution is 0.0697. The first-order chi connectivity index (χ1) is 6.13. The van der Waals surface area contributed by atoms with Crippen molar-refractivity contribution in [1.29, 1.82) is 0 Å². The summed E-state index contributed by atoms with van der Waals surface area (Å²) in [5.41, 5.74) is 1.41. The summed E-state index contributed by atoms with van der Waals surface area (Å²) < 4.78 is 1.83. The molecule has 1 aromatic heterocycles. The monoisotopic (exact) mass is 179 g/mol. The molecule has 0 atom stereocenters. The maximum absolute atomic E-state index is 10.5. The number of carboxylic acids is 1. The zero-order valence-electron chi connectivity index (χ0n) is 7.66. The fraction of sp³-hybridized carbons (Fsp3) is 0.300. The molecular weight excluding hydrogens is 166 g/mol. The third-order valence-corrected chi connectivity index (χ3v) is 1.90. The molecule has 0 aliphatic carbocycles. The van der Waals surface area contributed by atoms with E-state index < -0.39 is 5.97 Å². The smallest absolute Gasteiger partial charge is 0.337 e. The zero-order chi connectivity index (χ0) is 9.84. The van der Waals surface area contributed by atoms with Gasteiger partial charge in [-0.3, -0.25) is 0 Å². The van der Waals surface area contributed by atoms with E-state index in [1.165, 1.54) is 0 Å². The fourth-order valence-electron chi connectivity index (χ4n) is 1.04. The van der Waals surface area contributed by atoms with Gasteiger partial charge in [0.25, 0.3) is 0 Å². The summed E-state index contributed by atoms with van der Waals surface area (Å²) in [7, 11) is 0. The van der Waals surface area contributed by atoms with E-state index in [1.54, 1.807) is 18.5 Å². The van der Waals surface area contributed by atoms with Crippen LogP contribution in [0.3, 0.4) is 0 Å². The number of hydrogen-bond donors (Lipinski definition) is 1. The normalized spacial score (nSPS) is 9.92. The van der Waals surface area contributed by atoms with Crippen LogP contribution in [-0.4, -0.2) is 15.6 Å². The highest BCUT2D eigenvalue weighted by molar-refractivity contribution is 5.87. The van der Waals surface area contributed by atoms with Gasteiger partial charge in [0.2, 0.25) is 0 Å². The summed E-state index contributed by atoms with van der Waals surface area (Å²) in [6.07, 6.45) is 4.29. The minimum absolute atomic E-state index is 0.323. The van der Waals surface area contributed by atoms with Crippen LogP contribution in [0.5, 0.6) is 0 Å². The molecule has 1 rings (SSSR count). The second-order valence-electron chi connectivity index (χ2n) is 2.98. The van der Waals surface area contributed by atoms with Crippen LogP contribution < -0.4 is 0 Å². The van der Waals surface area contributed by atoms with E-state index in [9.17, 15) is 4.79 Å². The second kappa shape index (κ2) is 3.94. The maximum atomic E-state index is 10.5. The summed E-state index contributed by atoms with van der Waals surface area (Å²) in [4.78, 5) is 10.5. The topological polar surface area (TPSA) is 42.2 Å². The molecule has 1 aromatic rings. The van der Waals surface area contributed by atoms with Gasteiger partial charge < -0.3 is 9.67 Å². The van der Waals surface area contributed by atoms with Gasteiger partial charge in [0, 0.05) is 18.9 Å². The average Bonchev–Trinajstić information content (AvgIpc) is 2.52. The minimum atomic E-state index is -0.888. The number of nitrogens with zero attached hydrogens (tertiary/aromatic N) is 1. The van der Waals surface area contributed by atoms with Crippen molar-refractivity contribution in [2.45, 2.75) is 19.9 Å². The molecular formula is C10H13NO2. The largest absolute Gasteiger partial charge is 0.478 e. The van der Waals surface area contributed by atoms with Crippen molar-refractivity contribution < 1.29 is 9.90 Å². The van der Waals surface area contributed by atoms with Crippen molar-refractivity contribution in [2.24, 2.45) is 0 Å². The van der Waals surface area contributed by atoms with Crippen LogP contribution in [0.4, 0.5) is 0 Å². The molecule has 0 bridgehead atoms. The SMILES string of the molecule is C=C(CC)Cn1ccc(C(=O)O)c1. The van der Waals surface area contributed by atoms with Crippen LogP contribution in [0.25, 0.3) is 0 Å². The Labute approximate surface area is 77.3 Å². The van der Waals surface area contributed by atoms with Crippen LogP contribution in [-0.2, 0) is 6.54 Å². The molecule has 1 heterocycles. The van der Waals surface area contributed by atoms with E-state index in [4.69, 9.17) is 5.11 Å². The lowest BCUT2D eigenvalue weighted by Crippen LogP contribution is -1.98. The lowest BCUT2D eigenvalue weighted by atomic mass is 10.2. The van der Waals surface area contributed by atoms with Crippen LogP contribution >= 0.6 is 0 Å². The molecule has 70 valence electrons. The summed E-state index contributed by atoms with van der Waals surface area (Å²) >= 11 is 0. The third kappa shape index (κ3) is 2.47. The molecule has 0 saturated heterocycles. The molecule has 0 radical (unpaired) electrons. The highest BCUT2D eigenvalue weighted by atomic mass is 16.4. The van der Waals surface area contributed by atoms with Gasteiger partial charge in [-0.1, -0.05) is 19.1 Å². The van der Waals surface area contributed by atoms with Crippen molar-refractivity contribution in [1.82, 2.24) is 4.57 Å². The molecule has 1 N–H and O–H groups in total. The van der Waals surface area contributed by atoms with Crippen LogP contribution in [0.2, 0.25) is 0 Å². The van der Waals surface area contributed by atoms with Crippen molar-refractivity contribution in [3.05, 3.63) is 36.2 Å². The number of rotatable bonds is 4. The van der Waals surface area contributed by atoms with Gasteiger partial charge in [0.15, 0.2) is 0 Å². The van der Waals surface area contributed by atoms with Crippen molar-refractivity contribution in [3.63, 3.8) is 0 Å². The second-order valence-corrected chi connectivity index (χ2v) is 2.98. The summed E-state index contributed by atoms with van der Waals surface area (Å²) in [5.74, 6) is -0.888. The molecule has 0 aliphatic rings.